The molecule has 48 heavy (non-hydrogen) atoms. The number of allylic oxidation sites excluding steroid dienone is 3. The minimum absolute atomic E-state index is 0.140. The van der Waals surface area contributed by atoms with Crippen molar-refractivity contribution in [3.05, 3.63) is 47.6 Å². The van der Waals surface area contributed by atoms with E-state index in [9.17, 15) is 14.7 Å². The first-order valence-electron chi connectivity index (χ1n) is 18.0. The molecule has 12 atom stereocenters. The van der Waals surface area contributed by atoms with Crippen molar-refractivity contribution in [2.24, 2.45) is 35.0 Å². The van der Waals surface area contributed by atoms with E-state index in [0.717, 1.165) is 16.6 Å². The first kappa shape index (κ1) is 34.1. The van der Waals surface area contributed by atoms with Crippen molar-refractivity contribution in [2.75, 3.05) is 60.5 Å². The van der Waals surface area contributed by atoms with Gasteiger partial charge in [0.1, 0.15) is 30.5 Å². The number of aliphatic hydroxyl groups is 1. The van der Waals surface area contributed by atoms with Crippen LogP contribution in [0, 0.1) is 35.0 Å². The van der Waals surface area contributed by atoms with Crippen LogP contribution in [-0.4, -0.2) is 129 Å². The zero-order valence-electron chi connectivity index (χ0n) is 29.7. The Bertz CT molecular complexity index is 1410. The van der Waals surface area contributed by atoms with E-state index in [1.54, 1.807) is 6.08 Å². The van der Waals surface area contributed by atoms with Crippen LogP contribution >= 0.6 is 0 Å². The zero-order valence-corrected chi connectivity index (χ0v) is 29.7. The molecule has 10 nitrogen and oxygen atoms in total. The molecule has 1 saturated carbocycles. The quantitative estimate of drug-likeness (QED) is 0.238. The fourth-order valence-corrected chi connectivity index (χ4v) is 10.9. The van der Waals surface area contributed by atoms with Crippen molar-refractivity contribution in [3.8, 4) is 0 Å². The van der Waals surface area contributed by atoms with Crippen molar-refractivity contribution >= 4 is 11.9 Å². The number of esters is 2. The molecule has 0 aromatic rings. The maximum absolute atomic E-state index is 13.7. The lowest BCUT2D eigenvalue weighted by Crippen LogP contribution is -2.78. The third-order valence-electron chi connectivity index (χ3n) is 12.8. The number of carbonyl (C=O) groups excluding carboxylic acids is 2. The third kappa shape index (κ3) is 5.55. The van der Waals surface area contributed by atoms with Crippen molar-refractivity contribution in [2.45, 2.75) is 82.8 Å². The predicted octanol–water partition coefficient (Wildman–Crippen LogP) is 3.06. The Kier molecular flexibility index (Phi) is 8.86. The fraction of sp³-hybridized carbons (Fsp3) is 0.737. The summed E-state index contributed by atoms with van der Waals surface area (Å²) in [4.78, 5) is 29.3. The van der Waals surface area contributed by atoms with E-state index in [1.165, 1.54) is 33.3 Å². The average molecular weight is 668 g/mol. The highest BCUT2D eigenvalue weighted by atomic mass is 16.6. The molecule has 0 amide bonds. The van der Waals surface area contributed by atoms with Crippen LogP contribution in [0.4, 0.5) is 0 Å². The number of ether oxygens (including phenoxy) is 5. The van der Waals surface area contributed by atoms with Crippen LogP contribution in [-0.2, 0) is 33.3 Å². The molecule has 4 aliphatic heterocycles. The highest BCUT2D eigenvalue weighted by molar-refractivity contribution is 5.90. The lowest BCUT2D eigenvalue weighted by molar-refractivity contribution is -0.970. The Hall–Kier alpha value is -2.34. The lowest BCUT2D eigenvalue weighted by Gasteiger charge is -2.62. The molecule has 7 rings (SSSR count). The average Bonchev–Trinajstić information content (AvgIpc) is 3.62. The third-order valence-corrected chi connectivity index (χ3v) is 12.8. The van der Waals surface area contributed by atoms with Gasteiger partial charge in [0, 0.05) is 55.4 Å². The Morgan fingerprint density at radius 1 is 1.23 bits per heavy atom. The molecule has 4 bridgehead atoms. The normalized spacial score (nSPS) is 44.0. The molecule has 264 valence electrons. The SMILES string of the molecule is CO[C@H]1C[C@H]2C=CC3C4C(O)[C@@H](C)[C@@H](OC(=O)C5=CC=CC5)[C@@H]3O[C@]42/C(C)=C/[C@@H](C)C(C(C)OCC[N+]2(C)CC3(CN(C)C3)C2)OC1=O. The van der Waals surface area contributed by atoms with E-state index in [4.69, 9.17) is 23.7 Å². The highest BCUT2D eigenvalue weighted by Crippen LogP contribution is 2.61. The summed E-state index contributed by atoms with van der Waals surface area (Å²) in [5.74, 6) is -1.97. The molecule has 5 unspecified atom stereocenters. The molecule has 4 fully saturated rings. The second kappa shape index (κ2) is 12.5. The Labute approximate surface area is 285 Å². The Morgan fingerprint density at radius 2 is 1.98 bits per heavy atom. The molecule has 0 radical (unpaired) electrons. The summed E-state index contributed by atoms with van der Waals surface area (Å²) in [5, 5.41) is 12.0. The summed E-state index contributed by atoms with van der Waals surface area (Å²) in [6.45, 7) is 14.3. The van der Waals surface area contributed by atoms with E-state index in [1.807, 2.05) is 26.0 Å². The van der Waals surface area contributed by atoms with E-state index in [2.05, 4.69) is 51.1 Å². The van der Waals surface area contributed by atoms with Crippen LogP contribution in [0.5, 0.6) is 0 Å². The molecule has 0 aromatic heterocycles. The number of nitrogens with zero attached hydrogens (tertiary/aromatic N) is 2. The van der Waals surface area contributed by atoms with Crippen LogP contribution in [0.3, 0.4) is 0 Å². The summed E-state index contributed by atoms with van der Waals surface area (Å²) >= 11 is 0. The number of likely N-dealkylation sites (tertiary alicyclic amines) is 2. The van der Waals surface area contributed by atoms with Gasteiger partial charge in [-0.2, -0.15) is 0 Å². The first-order chi connectivity index (χ1) is 22.8. The number of methoxy groups -OCH3 is 1. The fourth-order valence-electron chi connectivity index (χ4n) is 10.9. The van der Waals surface area contributed by atoms with Gasteiger partial charge >= 0.3 is 11.9 Å². The van der Waals surface area contributed by atoms with Gasteiger partial charge in [-0.25, -0.2) is 9.59 Å². The molecule has 7 aliphatic rings. The topological polar surface area (TPSA) is 104 Å². The predicted molar refractivity (Wildman–Crippen MR) is 178 cm³/mol. The van der Waals surface area contributed by atoms with Crippen LogP contribution in [0.2, 0.25) is 0 Å². The second-order valence-electron chi connectivity index (χ2n) is 16.5. The van der Waals surface area contributed by atoms with Gasteiger partial charge in [0.05, 0.1) is 44.4 Å². The van der Waals surface area contributed by atoms with Crippen LogP contribution in [0.25, 0.3) is 0 Å². The van der Waals surface area contributed by atoms with E-state index < -0.39 is 42.1 Å². The van der Waals surface area contributed by atoms with Gasteiger partial charge in [0.2, 0.25) is 0 Å². The van der Waals surface area contributed by atoms with Gasteiger partial charge in [-0.15, -0.1) is 0 Å². The van der Waals surface area contributed by atoms with Crippen molar-refractivity contribution < 1.29 is 42.9 Å². The van der Waals surface area contributed by atoms with Gasteiger partial charge in [-0.05, 0) is 39.3 Å². The minimum Gasteiger partial charge on any atom is -0.457 e. The number of aliphatic hydroxyl groups excluding tert-OH is 1. The zero-order chi connectivity index (χ0) is 34.2. The summed E-state index contributed by atoms with van der Waals surface area (Å²) in [6.07, 6.45) is 9.30. The first-order valence-corrected chi connectivity index (χ1v) is 18.0. The number of hydrogen-bond acceptors (Lipinski definition) is 9. The van der Waals surface area contributed by atoms with Crippen LogP contribution < -0.4 is 0 Å². The maximum Gasteiger partial charge on any atom is 0.335 e. The van der Waals surface area contributed by atoms with Crippen molar-refractivity contribution in [3.63, 3.8) is 0 Å². The Morgan fingerprint density at radius 3 is 2.65 bits per heavy atom. The number of cyclic esters (lactones) is 1. The minimum atomic E-state index is -0.897. The molecule has 0 aromatic carbocycles. The molecule has 2 spiro atoms. The largest absolute Gasteiger partial charge is 0.457 e. The molecular formula is C38H55N2O8+. The highest BCUT2D eigenvalue weighted by Gasteiger charge is 2.69. The molecular weight excluding hydrogens is 612 g/mol. The number of rotatable bonds is 8. The summed E-state index contributed by atoms with van der Waals surface area (Å²) in [6, 6.07) is 0. The molecule has 3 aliphatic carbocycles. The van der Waals surface area contributed by atoms with E-state index in [-0.39, 0.29) is 41.7 Å². The van der Waals surface area contributed by atoms with Gasteiger partial charge in [-0.3, -0.25) is 0 Å². The smallest absolute Gasteiger partial charge is 0.335 e. The number of likely N-dealkylation sites (N-methyl/N-ethyl adjacent to an activating group) is 1. The van der Waals surface area contributed by atoms with Gasteiger partial charge < -0.3 is 38.2 Å². The number of hydrogen-bond donors (Lipinski definition) is 1. The van der Waals surface area contributed by atoms with Crippen molar-refractivity contribution in [1.82, 2.24) is 4.90 Å². The molecule has 10 heteroatoms. The van der Waals surface area contributed by atoms with Gasteiger partial charge in [-0.1, -0.05) is 50.3 Å². The number of carbonyl (C=O) groups is 2. The second-order valence-corrected chi connectivity index (χ2v) is 16.5. The molecule has 4 heterocycles. The maximum atomic E-state index is 13.7. The van der Waals surface area contributed by atoms with Crippen LogP contribution in [0.15, 0.2) is 47.6 Å². The summed E-state index contributed by atoms with van der Waals surface area (Å²) < 4.78 is 32.7. The summed E-state index contributed by atoms with van der Waals surface area (Å²) in [7, 11) is 6.03. The number of quaternary nitrogens is 1. The summed E-state index contributed by atoms with van der Waals surface area (Å²) in [5.41, 5.74) is 1.18. The van der Waals surface area contributed by atoms with E-state index in [0.29, 0.717) is 30.4 Å². The monoisotopic (exact) mass is 667 g/mol. The van der Waals surface area contributed by atoms with Crippen molar-refractivity contribution in [1.29, 1.82) is 0 Å². The standard InChI is InChI=1S/C38H55N2O8/c1-22-16-23(2)38-27(12-13-28-30(38)31(41)24(3)33(34(28)48-38)47-35(42)26-10-8-9-11-26)17-29(44-7)36(43)46-32(22)25(4)45-15-14-40(6)20-37(21-40)18-39(5)19-37/h8-10,12-13,16,22,24-25,27-34,41H,11,14-15,17-21H2,1-7H3/q+1/b23-16+/t22-,24-,25?,27-,28?,29+,30?,31?,32?,33-,34-,38+/m1/s1. The van der Waals surface area contributed by atoms with Gasteiger partial charge in [0.15, 0.2) is 6.10 Å². The van der Waals surface area contributed by atoms with Gasteiger partial charge in [0.25, 0.3) is 0 Å². The van der Waals surface area contributed by atoms with E-state index >= 15 is 0 Å². The molecule has 3 saturated heterocycles. The lowest BCUT2D eigenvalue weighted by atomic mass is 9.57. The van der Waals surface area contributed by atoms with Crippen LogP contribution in [0.1, 0.15) is 40.5 Å². The molecule has 1 N–H and O–H groups in total. The Balaban J connectivity index is 1.12.